The van der Waals surface area contributed by atoms with Gasteiger partial charge in [-0.3, -0.25) is 4.99 Å². The van der Waals surface area contributed by atoms with E-state index in [-0.39, 0.29) is 0 Å². The number of hydrogen-bond donors (Lipinski definition) is 0. The summed E-state index contributed by atoms with van der Waals surface area (Å²) in [4.78, 5) is 4.92. The molecule has 2 atom stereocenters. The van der Waals surface area contributed by atoms with E-state index in [4.69, 9.17) is 4.99 Å². The highest BCUT2D eigenvalue weighted by atomic mass is 14.8. The lowest BCUT2D eigenvalue weighted by molar-refractivity contribution is 0.260. The Balaban J connectivity index is 2.06. The number of nitrogens with zero attached hydrogens (tertiary/aromatic N) is 1. The zero-order chi connectivity index (χ0) is 22.6. The van der Waals surface area contributed by atoms with Crippen LogP contribution in [0.1, 0.15) is 169 Å². The van der Waals surface area contributed by atoms with Crippen molar-refractivity contribution >= 4 is 5.71 Å². The van der Waals surface area contributed by atoms with Crippen LogP contribution in [0.15, 0.2) is 4.99 Å². The molecular formula is C30H59N. The maximum atomic E-state index is 4.92. The summed E-state index contributed by atoms with van der Waals surface area (Å²) in [6.45, 7) is 10.6. The molecule has 31 heavy (non-hydrogen) atoms. The van der Waals surface area contributed by atoms with Gasteiger partial charge in [0.15, 0.2) is 0 Å². The summed E-state index contributed by atoms with van der Waals surface area (Å²) in [7, 11) is 0. The Bertz CT molecular complexity index is 426. The van der Waals surface area contributed by atoms with Gasteiger partial charge in [-0.2, -0.15) is 0 Å². The third-order valence-corrected chi connectivity index (χ3v) is 8.23. The smallest absolute Gasteiger partial charge is 0.0425 e. The fourth-order valence-corrected chi connectivity index (χ4v) is 5.58. The van der Waals surface area contributed by atoms with E-state index in [1.165, 1.54) is 147 Å². The van der Waals surface area contributed by atoms with Gasteiger partial charge in [-0.05, 0) is 25.7 Å². The van der Waals surface area contributed by atoms with Crippen LogP contribution in [0, 0.1) is 11.3 Å². The van der Waals surface area contributed by atoms with E-state index in [2.05, 4.69) is 27.7 Å². The predicted octanol–water partition coefficient (Wildman–Crippen LogP) is 10.7. The van der Waals surface area contributed by atoms with Gasteiger partial charge < -0.3 is 0 Å². The van der Waals surface area contributed by atoms with Crippen molar-refractivity contribution in [3.63, 3.8) is 0 Å². The summed E-state index contributed by atoms with van der Waals surface area (Å²) in [5.41, 5.74) is 1.86. The fraction of sp³-hybridized carbons (Fsp3) is 0.967. The maximum absolute atomic E-state index is 4.92. The molecule has 2 unspecified atom stereocenters. The van der Waals surface area contributed by atoms with Crippen molar-refractivity contribution in [2.24, 2.45) is 16.3 Å². The van der Waals surface area contributed by atoms with Crippen molar-refractivity contribution in [2.75, 3.05) is 6.54 Å². The minimum absolute atomic E-state index is 0.402. The molecule has 1 aliphatic heterocycles. The second-order valence-corrected chi connectivity index (χ2v) is 10.9. The van der Waals surface area contributed by atoms with E-state index in [0.29, 0.717) is 5.41 Å². The van der Waals surface area contributed by atoms with Gasteiger partial charge in [-0.1, -0.05) is 149 Å². The summed E-state index contributed by atoms with van der Waals surface area (Å²) in [5, 5.41) is 0. The molecule has 1 rings (SSSR count). The van der Waals surface area contributed by atoms with Crippen LogP contribution >= 0.6 is 0 Å². The molecule has 1 nitrogen and oxygen atoms in total. The third kappa shape index (κ3) is 13.1. The molecule has 1 heterocycles. The molecule has 1 heteroatoms. The van der Waals surface area contributed by atoms with Crippen LogP contribution < -0.4 is 0 Å². The molecule has 0 aromatic heterocycles. The van der Waals surface area contributed by atoms with E-state index < -0.39 is 0 Å². The molecule has 0 aromatic carbocycles. The molecule has 0 aliphatic carbocycles. The van der Waals surface area contributed by atoms with Crippen LogP contribution in [0.5, 0.6) is 0 Å². The molecule has 1 aliphatic rings. The van der Waals surface area contributed by atoms with Crippen LogP contribution in [0.25, 0.3) is 0 Å². The first-order valence-electron chi connectivity index (χ1n) is 14.7. The van der Waals surface area contributed by atoms with Crippen LogP contribution in [-0.4, -0.2) is 12.3 Å². The van der Waals surface area contributed by atoms with E-state index in [1.54, 1.807) is 0 Å². The van der Waals surface area contributed by atoms with Gasteiger partial charge >= 0.3 is 0 Å². The monoisotopic (exact) mass is 433 g/mol. The highest BCUT2D eigenvalue weighted by Gasteiger charge is 2.39. The van der Waals surface area contributed by atoms with Gasteiger partial charge in [-0.25, -0.2) is 0 Å². The third-order valence-electron chi connectivity index (χ3n) is 8.23. The molecule has 0 saturated heterocycles. The Kier molecular flexibility index (Phi) is 17.7. The Morgan fingerprint density at radius 1 is 0.613 bits per heavy atom. The Morgan fingerprint density at radius 3 is 1.45 bits per heavy atom. The number of hydrogen-bond acceptors (Lipinski definition) is 1. The standard InChI is InChI=1S/C30H59N/c1-5-7-9-11-13-15-17-19-21-23-25-29-27-31-28(3)30(29,4)26-24-22-20-18-16-14-12-10-8-6-2/h29H,5-27H2,1-4H3. The normalized spacial score (nSPS) is 21.0. The lowest BCUT2D eigenvalue weighted by Crippen LogP contribution is -2.31. The molecule has 0 spiro atoms. The predicted molar refractivity (Wildman–Crippen MR) is 142 cm³/mol. The first-order chi connectivity index (χ1) is 15.1. The van der Waals surface area contributed by atoms with E-state index in [9.17, 15) is 0 Å². The average Bonchev–Trinajstić information content (AvgIpc) is 3.05. The van der Waals surface area contributed by atoms with Crippen molar-refractivity contribution in [1.29, 1.82) is 0 Å². The molecule has 0 aromatic rings. The largest absolute Gasteiger partial charge is 0.294 e. The second kappa shape index (κ2) is 19.2. The van der Waals surface area contributed by atoms with Gasteiger partial charge in [-0.15, -0.1) is 0 Å². The molecule has 0 fully saturated rings. The first-order valence-corrected chi connectivity index (χ1v) is 14.7. The summed E-state index contributed by atoms with van der Waals surface area (Å²) in [5.74, 6) is 0.820. The van der Waals surface area contributed by atoms with Crippen molar-refractivity contribution < 1.29 is 0 Å². The van der Waals surface area contributed by atoms with E-state index in [0.717, 1.165) is 12.5 Å². The van der Waals surface area contributed by atoms with Crippen LogP contribution in [0.3, 0.4) is 0 Å². The Labute approximate surface area is 197 Å². The SMILES string of the molecule is CCCCCCCCCCCCC1CN=C(C)C1(C)CCCCCCCCCCCC. The quantitative estimate of drug-likeness (QED) is 0.150. The minimum Gasteiger partial charge on any atom is -0.294 e. The van der Waals surface area contributed by atoms with Gasteiger partial charge in [0, 0.05) is 17.7 Å². The van der Waals surface area contributed by atoms with Gasteiger partial charge in [0.1, 0.15) is 0 Å². The molecule has 0 saturated carbocycles. The average molecular weight is 434 g/mol. The molecular weight excluding hydrogens is 374 g/mol. The molecule has 0 amide bonds. The first kappa shape index (κ1) is 28.7. The molecule has 0 radical (unpaired) electrons. The molecule has 0 bridgehead atoms. The zero-order valence-electron chi connectivity index (χ0n) is 22.3. The second-order valence-electron chi connectivity index (χ2n) is 10.9. The van der Waals surface area contributed by atoms with E-state index in [1.807, 2.05) is 0 Å². The van der Waals surface area contributed by atoms with Crippen molar-refractivity contribution in [2.45, 2.75) is 169 Å². The summed E-state index contributed by atoms with van der Waals surface area (Å²) >= 11 is 0. The van der Waals surface area contributed by atoms with Crippen LogP contribution in [0.2, 0.25) is 0 Å². The lowest BCUT2D eigenvalue weighted by Gasteiger charge is -2.32. The van der Waals surface area contributed by atoms with Crippen molar-refractivity contribution in [3.8, 4) is 0 Å². The van der Waals surface area contributed by atoms with Crippen molar-refractivity contribution in [1.82, 2.24) is 0 Å². The summed E-state index contributed by atoms with van der Waals surface area (Å²) < 4.78 is 0. The van der Waals surface area contributed by atoms with Gasteiger partial charge in [0.05, 0.1) is 0 Å². The highest BCUT2D eigenvalue weighted by molar-refractivity contribution is 5.89. The highest BCUT2D eigenvalue weighted by Crippen LogP contribution is 2.42. The number of unbranched alkanes of at least 4 members (excludes halogenated alkanes) is 18. The summed E-state index contributed by atoms with van der Waals surface area (Å²) in [6.07, 6.45) is 31.6. The Hall–Kier alpha value is -0.330. The number of rotatable bonds is 22. The van der Waals surface area contributed by atoms with Gasteiger partial charge in [0.2, 0.25) is 0 Å². The zero-order valence-corrected chi connectivity index (χ0v) is 22.3. The topological polar surface area (TPSA) is 12.4 Å². The summed E-state index contributed by atoms with van der Waals surface area (Å²) in [6, 6.07) is 0. The van der Waals surface area contributed by atoms with Crippen LogP contribution in [0.4, 0.5) is 0 Å². The fourth-order valence-electron chi connectivity index (χ4n) is 5.58. The van der Waals surface area contributed by atoms with E-state index >= 15 is 0 Å². The maximum Gasteiger partial charge on any atom is 0.0425 e. The van der Waals surface area contributed by atoms with Gasteiger partial charge in [0.25, 0.3) is 0 Å². The Morgan fingerprint density at radius 2 is 1.00 bits per heavy atom. The molecule has 0 N–H and O–H groups in total. The minimum atomic E-state index is 0.402. The molecule has 184 valence electrons. The van der Waals surface area contributed by atoms with Crippen molar-refractivity contribution in [3.05, 3.63) is 0 Å². The lowest BCUT2D eigenvalue weighted by atomic mass is 9.70. The van der Waals surface area contributed by atoms with Crippen LogP contribution in [-0.2, 0) is 0 Å². The number of aliphatic imine (C=N–C) groups is 1.